The van der Waals surface area contributed by atoms with Crippen molar-refractivity contribution in [3.63, 3.8) is 0 Å². The standard InChI is InChI=1S/C25H39FN2O/c1-2-3-4-5-6-7-8-9-10-11-20-29-25(21-28-19-18-27-22-28)17-14-23-12-15-24(26)16-13-23/h12-13,15-16,18-19,22,25H,2-11,14,17,20-21H2,1H3. The van der Waals surface area contributed by atoms with E-state index >= 15 is 0 Å². The molecule has 0 radical (unpaired) electrons. The molecule has 0 aliphatic rings. The van der Waals surface area contributed by atoms with E-state index in [0.29, 0.717) is 0 Å². The first-order chi connectivity index (χ1) is 14.3. The summed E-state index contributed by atoms with van der Waals surface area (Å²) in [5.74, 6) is -0.180. The molecular formula is C25H39FN2O. The first kappa shape index (κ1) is 23.6. The maximum absolute atomic E-state index is 13.1. The van der Waals surface area contributed by atoms with Crippen LogP contribution in [0.3, 0.4) is 0 Å². The molecule has 0 spiro atoms. The first-order valence-corrected chi connectivity index (χ1v) is 11.6. The molecule has 1 heterocycles. The number of nitrogens with zero attached hydrogens (tertiary/aromatic N) is 2. The molecule has 1 atom stereocenters. The lowest BCUT2D eigenvalue weighted by molar-refractivity contribution is 0.0335. The van der Waals surface area contributed by atoms with Crippen LogP contribution < -0.4 is 0 Å². The van der Waals surface area contributed by atoms with E-state index in [1.54, 1.807) is 6.20 Å². The fourth-order valence-corrected chi connectivity index (χ4v) is 3.68. The van der Waals surface area contributed by atoms with Gasteiger partial charge in [0.05, 0.1) is 12.4 Å². The lowest BCUT2D eigenvalue weighted by atomic mass is 10.1. The van der Waals surface area contributed by atoms with E-state index in [-0.39, 0.29) is 11.9 Å². The second-order valence-electron chi connectivity index (χ2n) is 8.10. The second kappa shape index (κ2) is 15.2. The Morgan fingerprint density at radius 1 is 0.931 bits per heavy atom. The second-order valence-corrected chi connectivity index (χ2v) is 8.10. The smallest absolute Gasteiger partial charge is 0.123 e. The highest BCUT2D eigenvalue weighted by molar-refractivity contribution is 5.16. The van der Waals surface area contributed by atoms with Crippen molar-refractivity contribution in [1.29, 1.82) is 0 Å². The third kappa shape index (κ3) is 11.2. The van der Waals surface area contributed by atoms with Crippen LogP contribution in [0.5, 0.6) is 0 Å². The van der Waals surface area contributed by atoms with Crippen molar-refractivity contribution >= 4 is 0 Å². The first-order valence-electron chi connectivity index (χ1n) is 11.6. The Hall–Kier alpha value is -1.68. The molecule has 0 saturated carbocycles. The van der Waals surface area contributed by atoms with Crippen LogP contribution >= 0.6 is 0 Å². The number of imidazole rings is 1. The van der Waals surface area contributed by atoms with E-state index in [9.17, 15) is 4.39 Å². The maximum Gasteiger partial charge on any atom is 0.123 e. The number of unbranched alkanes of at least 4 members (excludes halogenated alkanes) is 9. The third-order valence-corrected chi connectivity index (χ3v) is 5.49. The molecule has 1 unspecified atom stereocenters. The summed E-state index contributed by atoms with van der Waals surface area (Å²) in [6, 6.07) is 6.80. The molecule has 0 N–H and O–H groups in total. The largest absolute Gasteiger partial charge is 0.376 e. The summed E-state index contributed by atoms with van der Waals surface area (Å²) in [5, 5.41) is 0. The summed E-state index contributed by atoms with van der Waals surface area (Å²) in [5.41, 5.74) is 1.16. The monoisotopic (exact) mass is 402 g/mol. The molecule has 3 nitrogen and oxygen atoms in total. The van der Waals surface area contributed by atoms with Crippen molar-refractivity contribution in [2.24, 2.45) is 0 Å². The van der Waals surface area contributed by atoms with Gasteiger partial charge in [0.25, 0.3) is 0 Å². The minimum atomic E-state index is -0.180. The molecule has 2 aromatic rings. The van der Waals surface area contributed by atoms with Gasteiger partial charge >= 0.3 is 0 Å². The number of hydrogen-bond acceptors (Lipinski definition) is 2. The predicted molar refractivity (Wildman–Crippen MR) is 119 cm³/mol. The molecule has 0 saturated heterocycles. The summed E-state index contributed by atoms with van der Waals surface area (Å²) >= 11 is 0. The molecule has 1 aromatic heterocycles. The predicted octanol–water partition coefficient (Wildman–Crippen LogP) is 6.96. The zero-order valence-corrected chi connectivity index (χ0v) is 18.2. The van der Waals surface area contributed by atoms with Crippen LogP contribution in [0.2, 0.25) is 0 Å². The molecule has 0 bridgehead atoms. The van der Waals surface area contributed by atoms with Crippen molar-refractivity contribution in [2.45, 2.75) is 96.6 Å². The van der Waals surface area contributed by atoms with Crippen molar-refractivity contribution in [3.05, 3.63) is 54.4 Å². The molecule has 0 amide bonds. The topological polar surface area (TPSA) is 27.1 Å². The van der Waals surface area contributed by atoms with E-state index in [0.717, 1.165) is 38.0 Å². The SMILES string of the molecule is CCCCCCCCCCCCOC(CCc1ccc(F)cc1)Cn1ccnc1. The Labute approximate surface area is 176 Å². The molecule has 0 aliphatic heterocycles. The zero-order chi connectivity index (χ0) is 20.6. The number of aromatic nitrogens is 2. The molecular weight excluding hydrogens is 363 g/mol. The van der Waals surface area contributed by atoms with Crippen LogP contribution in [-0.4, -0.2) is 22.3 Å². The molecule has 0 aliphatic carbocycles. The summed E-state index contributed by atoms with van der Waals surface area (Å²) in [4.78, 5) is 4.13. The van der Waals surface area contributed by atoms with E-state index in [4.69, 9.17) is 4.74 Å². The van der Waals surface area contributed by atoms with Gasteiger partial charge in [-0.1, -0.05) is 76.8 Å². The normalized spacial score (nSPS) is 12.3. The molecule has 29 heavy (non-hydrogen) atoms. The summed E-state index contributed by atoms with van der Waals surface area (Å²) in [6.45, 7) is 3.91. The molecule has 162 valence electrons. The highest BCUT2D eigenvalue weighted by Crippen LogP contribution is 2.13. The summed E-state index contributed by atoms with van der Waals surface area (Å²) in [6.07, 6.45) is 21.0. The molecule has 1 aromatic carbocycles. The third-order valence-electron chi connectivity index (χ3n) is 5.49. The van der Waals surface area contributed by atoms with Crippen molar-refractivity contribution < 1.29 is 9.13 Å². The number of benzene rings is 1. The van der Waals surface area contributed by atoms with Gasteiger partial charge in [-0.2, -0.15) is 0 Å². The number of rotatable bonds is 17. The lowest BCUT2D eigenvalue weighted by Gasteiger charge is -2.19. The van der Waals surface area contributed by atoms with E-state index in [2.05, 4.69) is 16.5 Å². The highest BCUT2D eigenvalue weighted by Gasteiger charge is 2.11. The fourth-order valence-electron chi connectivity index (χ4n) is 3.68. The Morgan fingerprint density at radius 2 is 1.59 bits per heavy atom. The van der Waals surface area contributed by atoms with Crippen molar-refractivity contribution in [1.82, 2.24) is 9.55 Å². The van der Waals surface area contributed by atoms with Gasteiger partial charge in [-0.3, -0.25) is 0 Å². The Balaban J connectivity index is 1.59. The highest BCUT2D eigenvalue weighted by atomic mass is 19.1. The zero-order valence-electron chi connectivity index (χ0n) is 18.2. The summed E-state index contributed by atoms with van der Waals surface area (Å²) in [7, 11) is 0. The van der Waals surface area contributed by atoms with Crippen LogP contribution in [0.1, 0.15) is 83.1 Å². The Morgan fingerprint density at radius 3 is 2.21 bits per heavy atom. The molecule has 4 heteroatoms. The Kier molecular flexibility index (Phi) is 12.4. The number of halogens is 1. The minimum Gasteiger partial charge on any atom is -0.376 e. The number of aryl methyl sites for hydroxylation is 1. The van der Waals surface area contributed by atoms with Crippen molar-refractivity contribution in [2.75, 3.05) is 6.61 Å². The van der Waals surface area contributed by atoms with Crippen LogP contribution in [0, 0.1) is 5.82 Å². The van der Waals surface area contributed by atoms with E-state index in [1.165, 1.54) is 69.9 Å². The molecule has 2 rings (SSSR count). The average Bonchev–Trinajstić information content (AvgIpc) is 3.24. The van der Waals surface area contributed by atoms with Crippen LogP contribution in [0.4, 0.5) is 4.39 Å². The van der Waals surface area contributed by atoms with Gasteiger partial charge in [-0.25, -0.2) is 9.37 Å². The van der Waals surface area contributed by atoms with Gasteiger partial charge in [0.15, 0.2) is 0 Å². The van der Waals surface area contributed by atoms with Crippen LogP contribution in [-0.2, 0) is 17.7 Å². The summed E-state index contributed by atoms with van der Waals surface area (Å²) < 4.78 is 21.4. The average molecular weight is 403 g/mol. The fraction of sp³-hybridized carbons (Fsp3) is 0.640. The maximum atomic E-state index is 13.1. The van der Waals surface area contributed by atoms with Gasteiger partial charge in [0, 0.05) is 25.5 Å². The van der Waals surface area contributed by atoms with Gasteiger partial charge in [0.1, 0.15) is 5.82 Å². The van der Waals surface area contributed by atoms with Crippen LogP contribution in [0.25, 0.3) is 0 Å². The van der Waals surface area contributed by atoms with Crippen molar-refractivity contribution in [3.8, 4) is 0 Å². The van der Waals surface area contributed by atoms with E-state index < -0.39 is 0 Å². The van der Waals surface area contributed by atoms with E-state index in [1.807, 2.05) is 24.7 Å². The van der Waals surface area contributed by atoms with Gasteiger partial charge < -0.3 is 9.30 Å². The Bertz CT molecular complexity index is 612. The number of hydrogen-bond donors (Lipinski definition) is 0. The lowest BCUT2D eigenvalue weighted by Crippen LogP contribution is -2.21. The quantitative estimate of drug-likeness (QED) is 0.267. The minimum absolute atomic E-state index is 0.160. The van der Waals surface area contributed by atoms with Gasteiger partial charge in [-0.05, 0) is 37.0 Å². The van der Waals surface area contributed by atoms with Gasteiger partial charge in [-0.15, -0.1) is 0 Å². The number of ether oxygens (including phenoxy) is 1. The molecule has 0 fully saturated rings. The van der Waals surface area contributed by atoms with Crippen LogP contribution in [0.15, 0.2) is 43.0 Å². The van der Waals surface area contributed by atoms with Gasteiger partial charge in [0.2, 0.25) is 0 Å².